The van der Waals surface area contributed by atoms with E-state index >= 15 is 0 Å². The number of nitrogens with zero attached hydrogens (tertiary/aromatic N) is 2. The maximum absolute atomic E-state index is 11.7. The van der Waals surface area contributed by atoms with Crippen molar-refractivity contribution >= 4 is 12.1 Å². The molecule has 0 bridgehead atoms. The maximum atomic E-state index is 11.7. The Morgan fingerprint density at radius 2 is 1.74 bits per heavy atom. The predicted octanol–water partition coefficient (Wildman–Crippen LogP) is 1.13. The van der Waals surface area contributed by atoms with Crippen LogP contribution in [0.4, 0.5) is 4.79 Å². The van der Waals surface area contributed by atoms with Gasteiger partial charge in [0.2, 0.25) is 0 Å². The fourth-order valence-corrected chi connectivity index (χ4v) is 1.20. The number of hydrogen-bond acceptors (Lipinski definition) is 5. The van der Waals surface area contributed by atoms with E-state index in [0.29, 0.717) is 31.8 Å². The van der Waals surface area contributed by atoms with E-state index in [4.69, 9.17) is 9.47 Å². The largest absolute Gasteiger partial charge is 0.460 e. The van der Waals surface area contributed by atoms with E-state index in [1.54, 1.807) is 13.8 Å². The van der Waals surface area contributed by atoms with E-state index in [0.717, 1.165) is 0 Å². The van der Waals surface area contributed by atoms with Crippen LogP contribution in [0, 0.1) is 0 Å². The summed E-state index contributed by atoms with van der Waals surface area (Å²) in [6.07, 6.45) is -0.393. The van der Waals surface area contributed by atoms with Gasteiger partial charge in [-0.15, -0.1) is 0 Å². The van der Waals surface area contributed by atoms with Crippen LogP contribution in [0.5, 0.6) is 0 Å². The Bertz CT molecular complexity index is 316. The van der Waals surface area contributed by atoms with Crippen LogP contribution in [0.3, 0.4) is 0 Å². The minimum absolute atomic E-state index is 0.137. The molecule has 6 heteroatoms. The Morgan fingerprint density at radius 1 is 1.11 bits per heavy atom. The van der Waals surface area contributed by atoms with Crippen LogP contribution in [-0.2, 0) is 14.3 Å². The fourth-order valence-electron chi connectivity index (χ4n) is 1.20. The van der Waals surface area contributed by atoms with Gasteiger partial charge in [0, 0.05) is 18.7 Å². The third-order valence-corrected chi connectivity index (χ3v) is 2.29. The SMILES string of the molecule is C=C(C)C(=O)OCCN(CCN(C)C)C(=O)OCC. The lowest BCUT2D eigenvalue weighted by Crippen LogP contribution is -2.39. The first-order valence-electron chi connectivity index (χ1n) is 6.27. The standard InChI is InChI=1S/C13H24N2O4/c1-6-18-13(17)15(8-7-14(4)5)9-10-19-12(16)11(2)3/h2,6-10H2,1,3-5H3. The van der Waals surface area contributed by atoms with Gasteiger partial charge in [-0.2, -0.15) is 0 Å². The Labute approximate surface area is 114 Å². The number of esters is 1. The molecule has 110 valence electrons. The molecule has 6 nitrogen and oxygen atoms in total. The maximum Gasteiger partial charge on any atom is 0.409 e. The second kappa shape index (κ2) is 9.38. The van der Waals surface area contributed by atoms with Crippen molar-refractivity contribution in [3.05, 3.63) is 12.2 Å². The summed E-state index contributed by atoms with van der Waals surface area (Å²) in [6.45, 7) is 8.83. The molecule has 0 radical (unpaired) electrons. The quantitative estimate of drug-likeness (QED) is 0.489. The highest BCUT2D eigenvalue weighted by Gasteiger charge is 2.15. The highest BCUT2D eigenvalue weighted by Crippen LogP contribution is 1.97. The molecular formula is C13H24N2O4. The van der Waals surface area contributed by atoms with Gasteiger partial charge >= 0.3 is 12.1 Å². The number of carbonyl (C=O) groups excluding carboxylic acids is 2. The van der Waals surface area contributed by atoms with Crippen molar-refractivity contribution in [2.75, 3.05) is 46.9 Å². The number of rotatable bonds is 8. The molecule has 0 aromatic heterocycles. The molecular weight excluding hydrogens is 248 g/mol. The third kappa shape index (κ3) is 8.20. The molecule has 0 aliphatic rings. The normalized spacial score (nSPS) is 10.2. The summed E-state index contributed by atoms with van der Waals surface area (Å²) in [5.74, 6) is -0.448. The number of amides is 1. The first-order chi connectivity index (χ1) is 8.88. The monoisotopic (exact) mass is 272 g/mol. The van der Waals surface area contributed by atoms with Crippen molar-refractivity contribution in [3.8, 4) is 0 Å². The number of hydrogen-bond donors (Lipinski definition) is 0. The Kier molecular flexibility index (Phi) is 8.61. The van der Waals surface area contributed by atoms with Crippen molar-refractivity contribution in [3.63, 3.8) is 0 Å². The summed E-state index contributed by atoms with van der Waals surface area (Å²) < 4.78 is 9.92. The van der Waals surface area contributed by atoms with E-state index in [1.807, 2.05) is 19.0 Å². The lowest BCUT2D eigenvalue weighted by molar-refractivity contribution is -0.139. The van der Waals surface area contributed by atoms with Crippen molar-refractivity contribution in [1.82, 2.24) is 9.80 Å². The lowest BCUT2D eigenvalue weighted by atomic mass is 10.4. The molecule has 0 fully saturated rings. The summed E-state index contributed by atoms with van der Waals surface area (Å²) in [5.41, 5.74) is 0.343. The van der Waals surface area contributed by atoms with E-state index in [-0.39, 0.29) is 6.61 Å². The molecule has 0 atom stereocenters. The van der Waals surface area contributed by atoms with E-state index in [9.17, 15) is 9.59 Å². The first kappa shape index (κ1) is 17.4. The minimum Gasteiger partial charge on any atom is -0.460 e. The van der Waals surface area contributed by atoms with Gasteiger partial charge in [0.25, 0.3) is 0 Å². The molecule has 1 amide bonds. The topological polar surface area (TPSA) is 59.1 Å². The highest BCUT2D eigenvalue weighted by molar-refractivity contribution is 5.86. The molecule has 0 heterocycles. The van der Waals surface area contributed by atoms with Gasteiger partial charge in [0.05, 0.1) is 13.2 Å². The summed E-state index contributed by atoms with van der Waals surface area (Å²) in [5, 5.41) is 0. The van der Waals surface area contributed by atoms with Crippen molar-refractivity contribution in [1.29, 1.82) is 0 Å². The molecule has 0 aliphatic heterocycles. The van der Waals surface area contributed by atoms with Crippen LogP contribution in [0.1, 0.15) is 13.8 Å². The molecule has 0 rings (SSSR count). The Morgan fingerprint density at radius 3 is 2.21 bits per heavy atom. The molecule has 0 N–H and O–H groups in total. The van der Waals surface area contributed by atoms with Gasteiger partial charge in [-0.25, -0.2) is 9.59 Å². The highest BCUT2D eigenvalue weighted by atomic mass is 16.6. The third-order valence-electron chi connectivity index (χ3n) is 2.29. The van der Waals surface area contributed by atoms with Crippen molar-refractivity contribution < 1.29 is 19.1 Å². The Balaban J connectivity index is 4.21. The second-order valence-electron chi connectivity index (χ2n) is 4.41. The van der Waals surface area contributed by atoms with Gasteiger partial charge in [-0.1, -0.05) is 6.58 Å². The van der Waals surface area contributed by atoms with E-state index in [2.05, 4.69) is 6.58 Å². The predicted molar refractivity (Wildman–Crippen MR) is 72.9 cm³/mol. The van der Waals surface area contributed by atoms with Crippen LogP contribution >= 0.6 is 0 Å². The molecule has 0 aromatic carbocycles. The summed E-state index contributed by atoms with van der Waals surface area (Å²) in [7, 11) is 3.84. The summed E-state index contributed by atoms with van der Waals surface area (Å²) in [6, 6.07) is 0. The summed E-state index contributed by atoms with van der Waals surface area (Å²) in [4.78, 5) is 26.4. The zero-order valence-electron chi connectivity index (χ0n) is 12.3. The molecule has 0 saturated carbocycles. The van der Waals surface area contributed by atoms with Gasteiger partial charge < -0.3 is 19.3 Å². The van der Waals surface area contributed by atoms with E-state index in [1.165, 1.54) is 4.90 Å². The van der Waals surface area contributed by atoms with Gasteiger partial charge in [-0.05, 0) is 27.9 Å². The van der Waals surface area contributed by atoms with Gasteiger partial charge in [0.1, 0.15) is 6.61 Å². The van der Waals surface area contributed by atoms with Gasteiger partial charge in [-0.3, -0.25) is 0 Å². The number of likely N-dealkylation sites (N-methyl/N-ethyl adjacent to an activating group) is 1. The van der Waals surface area contributed by atoms with Crippen LogP contribution < -0.4 is 0 Å². The van der Waals surface area contributed by atoms with Crippen LogP contribution in [0.2, 0.25) is 0 Å². The average molecular weight is 272 g/mol. The van der Waals surface area contributed by atoms with Crippen LogP contribution in [0.15, 0.2) is 12.2 Å². The molecule has 0 unspecified atom stereocenters. The van der Waals surface area contributed by atoms with Crippen molar-refractivity contribution in [2.24, 2.45) is 0 Å². The number of carbonyl (C=O) groups is 2. The van der Waals surface area contributed by atoms with E-state index < -0.39 is 12.1 Å². The minimum atomic E-state index is -0.448. The molecule has 0 aromatic rings. The molecule has 0 aliphatic carbocycles. The smallest absolute Gasteiger partial charge is 0.409 e. The zero-order valence-corrected chi connectivity index (χ0v) is 12.3. The second-order valence-corrected chi connectivity index (χ2v) is 4.41. The molecule has 0 spiro atoms. The lowest BCUT2D eigenvalue weighted by Gasteiger charge is -2.23. The average Bonchev–Trinajstić information content (AvgIpc) is 2.32. The molecule has 0 saturated heterocycles. The summed E-state index contributed by atoms with van der Waals surface area (Å²) >= 11 is 0. The van der Waals surface area contributed by atoms with Crippen LogP contribution in [0.25, 0.3) is 0 Å². The fraction of sp³-hybridized carbons (Fsp3) is 0.692. The van der Waals surface area contributed by atoms with Crippen molar-refractivity contribution in [2.45, 2.75) is 13.8 Å². The number of ether oxygens (including phenoxy) is 2. The Hall–Kier alpha value is -1.56. The van der Waals surface area contributed by atoms with Crippen LogP contribution in [-0.4, -0.2) is 68.8 Å². The first-order valence-corrected chi connectivity index (χ1v) is 6.27. The zero-order chi connectivity index (χ0) is 14.8. The molecule has 19 heavy (non-hydrogen) atoms. The van der Waals surface area contributed by atoms with Gasteiger partial charge in [0.15, 0.2) is 0 Å².